The number of aliphatic carboxylic acids is 1. The highest BCUT2D eigenvalue weighted by atomic mass is 16.5. The zero-order valence-corrected chi connectivity index (χ0v) is 13.3. The minimum Gasteiger partial charge on any atom is -0.497 e. The molecular formula is C16H23NO5. The van der Waals surface area contributed by atoms with Gasteiger partial charge in [-0.05, 0) is 24.5 Å². The van der Waals surface area contributed by atoms with Crippen molar-refractivity contribution >= 4 is 11.9 Å². The molecule has 0 spiro atoms. The molecule has 0 aromatic heterocycles. The molecular weight excluding hydrogens is 286 g/mol. The van der Waals surface area contributed by atoms with Crippen LogP contribution in [-0.2, 0) is 16.0 Å². The van der Waals surface area contributed by atoms with Crippen molar-refractivity contribution in [3.8, 4) is 11.5 Å². The molecule has 0 heterocycles. The highest BCUT2D eigenvalue weighted by Gasteiger charge is 2.11. The second-order valence-electron chi connectivity index (χ2n) is 4.99. The molecule has 1 rings (SSSR count). The van der Waals surface area contributed by atoms with Crippen LogP contribution < -0.4 is 9.47 Å². The van der Waals surface area contributed by atoms with Gasteiger partial charge in [0.05, 0.1) is 20.6 Å². The molecule has 0 unspecified atom stereocenters. The number of aryl methyl sites for hydroxylation is 1. The Morgan fingerprint density at radius 1 is 1.18 bits per heavy atom. The van der Waals surface area contributed by atoms with Gasteiger partial charge in [0.1, 0.15) is 11.5 Å². The van der Waals surface area contributed by atoms with Gasteiger partial charge in [-0.25, -0.2) is 0 Å². The maximum atomic E-state index is 11.9. The Bertz CT molecular complexity index is 515. The minimum absolute atomic E-state index is 0.0332. The second-order valence-corrected chi connectivity index (χ2v) is 4.99. The number of nitrogens with zero attached hydrogens (tertiary/aromatic N) is 1. The van der Waals surface area contributed by atoms with Crippen LogP contribution in [0.5, 0.6) is 11.5 Å². The first-order valence-corrected chi connectivity index (χ1v) is 7.14. The first-order chi connectivity index (χ1) is 10.5. The molecule has 1 aromatic rings. The molecule has 6 nitrogen and oxygen atoms in total. The Labute approximate surface area is 130 Å². The summed E-state index contributed by atoms with van der Waals surface area (Å²) in [5.74, 6) is 0.521. The lowest BCUT2D eigenvalue weighted by Crippen LogP contribution is -2.28. The molecule has 0 saturated heterocycles. The standard InChI is InChI=1S/C16H23NO5/c1-17(10-9-16(19)20)15(18)6-4-5-12-7-8-13(21-2)11-14(12)22-3/h7-8,11H,4-6,9-10H2,1-3H3,(H,19,20). The van der Waals surface area contributed by atoms with Crippen LogP contribution in [0.4, 0.5) is 0 Å². The van der Waals surface area contributed by atoms with Gasteiger partial charge in [-0.2, -0.15) is 0 Å². The Morgan fingerprint density at radius 2 is 1.91 bits per heavy atom. The Kier molecular flexibility index (Phi) is 7.22. The number of ether oxygens (including phenoxy) is 2. The molecule has 22 heavy (non-hydrogen) atoms. The van der Waals surface area contributed by atoms with Crippen molar-refractivity contribution in [2.45, 2.75) is 25.7 Å². The summed E-state index contributed by atoms with van der Waals surface area (Å²) in [7, 11) is 4.82. The molecule has 0 aliphatic carbocycles. The average molecular weight is 309 g/mol. The van der Waals surface area contributed by atoms with Crippen LogP contribution in [0.2, 0.25) is 0 Å². The zero-order chi connectivity index (χ0) is 16.5. The van der Waals surface area contributed by atoms with Gasteiger partial charge in [0.15, 0.2) is 0 Å². The number of carboxylic acid groups (broad SMARTS) is 1. The molecule has 1 amide bonds. The van der Waals surface area contributed by atoms with E-state index in [1.807, 2.05) is 18.2 Å². The van der Waals surface area contributed by atoms with Gasteiger partial charge in [0.25, 0.3) is 0 Å². The van der Waals surface area contributed by atoms with E-state index in [0.717, 1.165) is 17.1 Å². The normalized spacial score (nSPS) is 10.1. The maximum absolute atomic E-state index is 11.9. The third-order valence-electron chi connectivity index (χ3n) is 3.42. The van der Waals surface area contributed by atoms with E-state index in [1.165, 1.54) is 4.90 Å². The lowest BCUT2D eigenvalue weighted by atomic mass is 10.1. The van der Waals surface area contributed by atoms with E-state index in [1.54, 1.807) is 21.3 Å². The fraction of sp³-hybridized carbons (Fsp3) is 0.500. The molecule has 6 heteroatoms. The monoisotopic (exact) mass is 309 g/mol. The van der Waals surface area contributed by atoms with Crippen LogP contribution in [0.1, 0.15) is 24.8 Å². The highest BCUT2D eigenvalue weighted by molar-refractivity contribution is 5.76. The summed E-state index contributed by atoms with van der Waals surface area (Å²) < 4.78 is 10.5. The lowest BCUT2D eigenvalue weighted by molar-refractivity contribution is -0.138. The van der Waals surface area contributed by atoms with E-state index in [2.05, 4.69) is 0 Å². The summed E-state index contributed by atoms with van der Waals surface area (Å²) in [6.07, 6.45) is 1.74. The molecule has 122 valence electrons. The fourth-order valence-electron chi connectivity index (χ4n) is 2.07. The summed E-state index contributed by atoms with van der Waals surface area (Å²) in [5.41, 5.74) is 1.02. The van der Waals surface area contributed by atoms with E-state index in [9.17, 15) is 9.59 Å². The number of carbonyl (C=O) groups is 2. The third kappa shape index (κ3) is 5.63. The minimum atomic E-state index is -0.900. The number of carboxylic acids is 1. The number of methoxy groups -OCH3 is 2. The SMILES string of the molecule is COc1ccc(CCCC(=O)N(C)CCC(=O)O)c(OC)c1. The number of hydrogen-bond acceptors (Lipinski definition) is 4. The first kappa shape index (κ1) is 17.8. The van der Waals surface area contributed by atoms with Gasteiger partial charge in [0.2, 0.25) is 5.91 Å². The molecule has 0 radical (unpaired) electrons. The molecule has 0 fully saturated rings. The van der Waals surface area contributed by atoms with E-state index in [4.69, 9.17) is 14.6 Å². The van der Waals surface area contributed by atoms with Crippen molar-refractivity contribution in [3.63, 3.8) is 0 Å². The van der Waals surface area contributed by atoms with Gasteiger partial charge in [-0.3, -0.25) is 9.59 Å². The van der Waals surface area contributed by atoms with Crippen LogP contribution in [0.25, 0.3) is 0 Å². The predicted molar refractivity (Wildman–Crippen MR) is 82.4 cm³/mol. The molecule has 0 bridgehead atoms. The van der Waals surface area contributed by atoms with E-state index in [-0.39, 0.29) is 18.9 Å². The number of amides is 1. The summed E-state index contributed by atoms with van der Waals surface area (Å²) >= 11 is 0. The van der Waals surface area contributed by atoms with E-state index >= 15 is 0 Å². The quantitative estimate of drug-likeness (QED) is 0.754. The van der Waals surface area contributed by atoms with Crippen LogP contribution >= 0.6 is 0 Å². The molecule has 0 aliphatic heterocycles. The zero-order valence-electron chi connectivity index (χ0n) is 13.3. The van der Waals surface area contributed by atoms with Crippen LogP contribution in [0.15, 0.2) is 18.2 Å². The topological polar surface area (TPSA) is 76.1 Å². The highest BCUT2D eigenvalue weighted by Crippen LogP contribution is 2.25. The third-order valence-corrected chi connectivity index (χ3v) is 3.42. The smallest absolute Gasteiger partial charge is 0.305 e. The van der Waals surface area contributed by atoms with Crippen molar-refractivity contribution in [1.29, 1.82) is 0 Å². The first-order valence-electron chi connectivity index (χ1n) is 7.14. The van der Waals surface area contributed by atoms with Gasteiger partial charge < -0.3 is 19.5 Å². The Hall–Kier alpha value is -2.24. The summed E-state index contributed by atoms with van der Waals surface area (Å²) in [6.45, 7) is 0.236. The molecule has 0 aliphatic rings. The number of rotatable bonds is 9. The Morgan fingerprint density at radius 3 is 2.50 bits per heavy atom. The van der Waals surface area contributed by atoms with Gasteiger partial charge >= 0.3 is 5.97 Å². The van der Waals surface area contributed by atoms with Crippen molar-refractivity contribution < 1.29 is 24.2 Å². The van der Waals surface area contributed by atoms with Crippen molar-refractivity contribution in [3.05, 3.63) is 23.8 Å². The second kappa shape index (κ2) is 8.92. The molecule has 0 atom stereocenters. The van der Waals surface area contributed by atoms with Gasteiger partial charge in [-0.15, -0.1) is 0 Å². The van der Waals surface area contributed by atoms with Crippen LogP contribution in [0.3, 0.4) is 0 Å². The number of benzene rings is 1. The largest absolute Gasteiger partial charge is 0.497 e. The van der Waals surface area contributed by atoms with E-state index < -0.39 is 5.97 Å². The summed E-state index contributed by atoms with van der Waals surface area (Å²) in [6, 6.07) is 5.60. The van der Waals surface area contributed by atoms with E-state index in [0.29, 0.717) is 19.3 Å². The summed E-state index contributed by atoms with van der Waals surface area (Å²) in [5, 5.41) is 8.61. The van der Waals surface area contributed by atoms with Gasteiger partial charge in [-0.1, -0.05) is 6.07 Å². The maximum Gasteiger partial charge on any atom is 0.305 e. The van der Waals surface area contributed by atoms with Crippen molar-refractivity contribution in [1.82, 2.24) is 4.90 Å². The molecule has 0 saturated carbocycles. The average Bonchev–Trinajstić information content (AvgIpc) is 2.52. The summed E-state index contributed by atoms with van der Waals surface area (Å²) in [4.78, 5) is 23.8. The van der Waals surface area contributed by atoms with Crippen molar-refractivity contribution in [2.24, 2.45) is 0 Å². The van der Waals surface area contributed by atoms with Crippen LogP contribution in [-0.4, -0.2) is 49.7 Å². The fourth-order valence-corrected chi connectivity index (χ4v) is 2.07. The molecule has 1 N–H and O–H groups in total. The molecule has 1 aromatic carbocycles. The predicted octanol–water partition coefficient (Wildman–Crippen LogP) is 1.96. The Balaban J connectivity index is 2.46. The van der Waals surface area contributed by atoms with Gasteiger partial charge in [0, 0.05) is 26.1 Å². The number of hydrogen-bond donors (Lipinski definition) is 1. The lowest BCUT2D eigenvalue weighted by Gasteiger charge is -2.16. The number of carbonyl (C=O) groups excluding carboxylic acids is 1. The van der Waals surface area contributed by atoms with Crippen molar-refractivity contribution in [2.75, 3.05) is 27.8 Å². The van der Waals surface area contributed by atoms with Crippen LogP contribution in [0, 0.1) is 0 Å².